The van der Waals surface area contributed by atoms with Crippen LogP contribution in [0.15, 0.2) is 66.7 Å². The van der Waals surface area contributed by atoms with Gasteiger partial charge in [-0.25, -0.2) is 0 Å². The van der Waals surface area contributed by atoms with Gasteiger partial charge in [-0.2, -0.15) is 0 Å². The zero-order valence-electron chi connectivity index (χ0n) is 12.9. The summed E-state index contributed by atoms with van der Waals surface area (Å²) in [4.78, 5) is 11.5. The molecule has 3 aromatic carbocycles. The van der Waals surface area contributed by atoms with Crippen molar-refractivity contribution in [2.45, 2.75) is 12.3 Å². The lowest BCUT2D eigenvalue weighted by molar-refractivity contribution is -0.137. The highest BCUT2D eigenvalue weighted by atomic mass is 16.5. The highest BCUT2D eigenvalue weighted by Gasteiger charge is 2.22. The number of para-hydroxylation sites is 1. The van der Waals surface area contributed by atoms with Crippen LogP contribution in [0.3, 0.4) is 0 Å². The Bertz CT molecular complexity index is 834. The fourth-order valence-corrected chi connectivity index (χ4v) is 3.07. The Balaban J connectivity index is 2.21. The fraction of sp³-hybridized carbons (Fsp3) is 0.150. The van der Waals surface area contributed by atoms with E-state index in [1.165, 1.54) is 0 Å². The molecule has 0 aliphatic rings. The summed E-state index contributed by atoms with van der Waals surface area (Å²) >= 11 is 0. The van der Waals surface area contributed by atoms with Crippen molar-refractivity contribution in [1.29, 1.82) is 0 Å². The molecule has 3 nitrogen and oxygen atoms in total. The smallest absolute Gasteiger partial charge is 0.304 e. The van der Waals surface area contributed by atoms with Gasteiger partial charge in [0.2, 0.25) is 0 Å². The van der Waals surface area contributed by atoms with Crippen molar-refractivity contribution >= 4 is 16.7 Å². The molecule has 0 aromatic heterocycles. The molecule has 1 atom stereocenters. The van der Waals surface area contributed by atoms with Crippen molar-refractivity contribution < 1.29 is 14.6 Å². The van der Waals surface area contributed by atoms with E-state index in [1.807, 2.05) is 66.7 Å². The Morgan fingerprint density at radius 1 is 0.957 bits per heavy atom. The molecule has 0 saturated heterocycles. The fourth-order valence-electron chi connectivity index (χ4n) is 3.07. The molecule has 1 unspecified atom stereocenters. The standard InChI is InChI=1S/C20H18O3/c1-23-19-12-5-4-10-17(19)18(13-20(21)22)16-11-6-8-14-7-2-3-9-15(14)16/h2-12,18H,13H2,1H3,(H,21,22). The van der Waals surface area contributed by atoms with Crippen LogP contribution in [0.5, 0.6) is 5.75 Å². The van der Waals surface area contributed by atoms with Crippen molar-refractivity contribution in [3.8, 4) is 5.75 Å². The first-order chi connectivity index (χ1) is 11.2. The molecular formula is C20H18O3. The maximum atomic E-state index is 11.5. The number of benzene rings is 3. The summed E-state index contributed by atoms with van der Waals surface area (Å²) in [5.41, 5.74) is 1.91. The molecule has 3 heteroatoms. The summed E-state index contributed by atoms with van der Waals surface area (Å²) in [6, 6.07) is 21.7. The number of hydrogen-bond donors (Lipinski definition) is 1. The van der Waals surface area contributed by atoms with Crippen molar-refractivity contribution in [2.24, 2.45) is 0 Å². The van der Waals surface area contributed by atoms with Gasteiger partial charge in [0.05, 0.1) is 13.5 Å². The van der Waals surface area contributed by atoms with Crippen molar-refractivity contribution in [3.63, 3.8) is 0 Å². The number of carboxylic acid groups (broad SMARTS) is 1. The number of fused-ring (bicyclic) bond motifs is 1. The zero-order chi connectivity index (χ0) is 16.2. The van der Waals surface area contributed by atoms with E-state index in [2.05, 4.69) is 0 Å². The van der Waals surface area contributed by atoms with E-state index in [0.29, 0.717) is 5.75 Å². The van der Waals surface area contributed by atoms with E-state index < -0.39 is 5.97 Å². The average Bonchev–Trinajstić information content (AvgIpc) is 2.59. The molecule has 116 valence electrons. The van der Waals surface area contributed by atoms with Crippen LogP contribution in [0.4, 0.5) is 0 Å². The predicted molar refractivity (Wildman–Crippen MR) is 91.0 cm³/mol. The van der Waals surface area contributed by atoms with Crippen LogP contribution < -0.4 is 4.74 Å². The summed E-state index contributed by atoms with van der Waals surface area (Å²) in [5, 5.41) is 11.6. The normalized spacial score (nSPS) is 12.0. The van der Waals surface area contributed by atoms with Gasteiger partial charge < -0.3 is 9.84 Å². The Labute approximate surface area is 135 Å². The molecule has 0 saturated carbocycles. The summed E-state index contributed by atoms with van der Waals surface area (Å²) in [6.45, 7) is 0. The Morgan fingerprint density at radius 3 is 2.39 bits per heavy atom. The molecule has 0 spiro atoms. The second-order valence-corrected chi connectivity index (χ2v) is 5.46. The third-order valence-corrected chi connectivity index (χ3v) is 4.09. The topological polar surface area (TPSA) is 46.5 Å². The van der Waals surface area contributed by atoms with E-state index in [1.54, 1.807) is 7.11 Å². The largest absolute Gasteiger partial charge is 0.496 e. The van der Waals surface area contributed by atoms with Crippen LogP contribution in [0.1, 0.15) is 23.5 Å². The van der Waals surface area contributed by atoms with Crippen LogP contribution in [0, 0.1) is 0 Å². The number of rotatable bonds is 5. The maximum Gasteiger partial charge on any atom is 0.304 e. The molecule has 1 N–H and O–H groups in total. The monoisotopic (exact) mass is 306 g/mol. The lowest BCUT2D eigenvalue weighted by Crippen LogP contribution is -2.09. The number of carbonyl (C=O) groups is 1. The molecule has 0 aliphatic carbocycles. The molecule has 23 heavy (non-hydrogen) atoms. The highest BCUT2D eigenvalue weighted by Crippen LogP contribution is 2.37. The molecule has 0 heterocycles. The third-order valence-electron chi connectivity index (χ3n) is 4.09. The highest BCUT2D eigenvalue weighted by molar-refractivity contribution is 5.87. The lowest BCUT2D eigenvalue weighted by Gasteiger charge is -2.20. The number of aliphatic carboxylic acids is 1. The van der Waals surface area contributed by atoms with Crippen molar-refractivity contribution in [2.75, 3.05) is 7.11 Å². The van der Waals surface area contributed by atoms with Gasteiger partial charge in [0.1, 0.15) is 5.75 Å². The molecule has 0 fully saturated rings. The van der Waals surface area contributed by atoms with Gasteiger partial charge >= 0.3 is 5.97 Å². The number of hydrogen-bond acceptors (Lipinski definition) is 2. The van der Waals surface area contributed by atoms with Crippen molar-refractivity contribution in [1.82, 2.24) is 0 Å². The predicted octanol–water partition coefficient (Wildman–Crippen LogP) is 4.46. The summed E-state index contributed by atoms with van der Waals surface area (Å²) in [7, 11) is 1.61. The Hall–Kier alpha value is -2.81. The maximum absolute atomic E-state index is 11.5. The van der Waals surface area contributed by atoms with Gasteiger partial charge in [0, 0.05) is 11.5 Å². The van der Waals surface area contributed by atoms with E-state index in [0.717, 1.165) is 21.9 Å². The van der Waals surface area contributed by atoms with Gasteiger partial charge in [0.15, 0.2) is 0 Å². The summed E-state index contributed by atoms with van der Waals surface area (Å²) in [6.07, 6.45) is 0.0222. The van der Waals surface area contributed by atoms with E-state index in [4.69, 9.17) is 4.74 Å². The van der Waals surface area contributed by atoms with Gasteiger partial charge in [-0.3, -0.25) is 4.79 Å². The van der Waals surface area contributed by atoms with Gasteiger partial charge in [-0.05, 0) is 22.4 Å². The van der Waals surface area contributed by atoms with Crippen LogP contribution in [0.2, 0.25) is 0 Å². The molecule has 0 radical (unpaired) electrons. The quantitative estimate of drug-likeness (QED) is 0.757. The minimum absolute atomic E-state index is 0.0222. The van der Waals surface area contributed by atoms with Crippen LogP contribution >= 0.6 is 0 Å². The molecule has 3 rings (SSSR count). The number of ether oxygens (including phenoxy) is 1. The minimum Gasteiger partial charge on any atom is -0.496 e. The summed E-state index contributed by atoms with van der Waals surface area (Å²) < 4.78 is 5.45. The number of carboxylic acids is 1. The molecule has 3 aromatic rings. The molecule has 0 bridgehead atoms. The Morgan fingerprint density at radius 2 is 1.61 bits per heavy atom. The van der Waals surface area contributed by atoms with Crippen LogP contribution in [-0.4, -0.2) is 18.2 Å². The molecule has 0 aliphatic heterocycles. The second kappa shape index (κ2) is 6.53. The lowest BCUT2D eigenvalue weighted by atomic mass is 9.85. The van der Waals surface area contributed by atoms with Crippen LogP contribution in [0.25, 0.3) is 10.8 Å². The van der Waals surface area contributed by atoms with Crippen LogP contribution in [-0.2, 0) is 4.79 Å². The van der Waals surface area contributed by atoms with Crippen molar-refractivity contribution in [3.05, 3.63) is 77.9 Å². The van der Waals surface area contributed by atoms with E-state index in [9.17, 15) is 9.90 Å². The van der Waals surface area contributed by atoms with E-state index in [-0.39, 0.29) is 12.3 Å². The number of methoxy groups -OCH3 is 1. The van der Waals surface area contributed by atoms with Gasteiger partial charge in [0.25, 0.3) is 0 Å². The van der Waals surface area contributed by atoms with Gasteiger partial charge in [-0.15, -0.1) is 0 Å². The minimum atomic E-state index is -0.825. The average molecular weight is 306 g/mol. The van der Waals surface area contributed by atoms with E-state index >= 15 is 0 Å². The first-order valence-corrected chi connectivity index (χ1v) is 7.53. The third kappa shape index (κ3) is 3.04. The zero-order valence-corrected chi connectivity index (χ0v) is 12.9. The summed E-state index contributed by atoms with van der Waals surface area (Å²) in [5.74, 6) is -0.365. The Kier molecular flexibility index (Phi) is 4.29. The first-order valence-electron chi connectivity index (χ1n) is 7.53. The van der Waals surface area contributed by atoms with Gasteiger partial charge in [-0.1, -0.05) is 60.7 Å². The molecule has 0 amide bonds. The first kappa shape index (κ1) is 15.1. The second-order valence-electron chi connectivity index (χ2n) is 5.46. The SMILES string of the molecule is COc1ccccc1C(CC(=O)O)c1cccc2ccccc12. The molecular weight excluding hydrogens is 288 g/mol.